The van der Waals surface area contributed by atoms with Crippen LogP contribution in [0.1, 0.15) is 37.9 Å². The van der Waals surface area contributed by atoms with Crippen molar-refractivity contribution in [3.05, 3.63) is 18.3 Å². The van der Waals surface area contributed by atoms with Gasteiger partial charge < -0.3 is 14.4 Å². The van der Waals surface area contributed by atoms with Crippen LogP contribution in [0.3, 0.4) is 0 Å². The third-order valence-electron chi connectivity index (χ3n) is 4.73. The summed E-state index contributed by atoms with van der Waals surface area (Å²) in [7, 11) is -4.42. The lowest BCUT2D eigenvalue weighted by Gasteiger charge is -2.17. The number of hydrogen-bond donors (Lipinski definition) is 2. The number of aromatic nitrogens is 4. The summed E-state index contributed by atoms with van der Waals surface area (Å²) in [6.45, 7) is 4.08. The van der Waals surface area contributed by atoms with E-state index in [4.69, 9.17) is 14.3 Å². The highest BCUT2D eigenvalue weighted by Gasteiger charge is 2.36. The minimum atomic E-state index is -4.42. The number of rotatable bonds is 5. The van der Waals surface area contributed by atoms with Gasteiger partial charge >= 0.3 is 7.82 Å². The second kappa shape index (κ2) is 6.28. The fourth-order valence-corrected chi connectivity index (χ4v) is 3.93. The lowest BCUT2D eigenvalue weighted by molar-refractivity contribution is 0.150. The molecule has 9 heteroatoms. The molecule has 1 aliphatic carbocycles. The van der Waals surface area contributed by atoms with Gasteiger partial charge in [0.15, 0.2) is 5.65 Å². The molecule has 0 spiro atoms. The third-order valence-corrected chi connectivity index (χ3v) is 5.22. The minimum absolute atomic E-state index is 0.0833. The fraction of sp³-hybridized carbons (Fsp3) is 0.643. The Balaban J connectivity index is 1.81. The lowest BCUT2D eigenvalue weighted by Crippen LogP contribution is -2.13. The molecule has 3 atom stereocenters. The third kappa shape index (κ3) is 3.45. The first-order chi connectivity index (χ1) is 10.9. The predicted octanol–water partition coefficient (Wildman–Crippen LogP) is 2.22. The molecular weight excluding hydrogens is 319 g/mol. The van der Waals surface area contributed by atoms with Gasteiger partial charge in [0.05, 0.1) is 18.6 Å². The smallest absolute Gasteiger partial charge is 0.312 e. The second-order valence-corrected chi connectivity index (χ2v) is 7.36. The molecule has 0 bridgehead atoms. The summed E-state index contributed by atoms with van der Waals surface area (Å²) in [5.74, 6) is 0.491. The molecule has 0 aliphatic heterocycles. The normalized spacial score (nSPS) is 25.3. The molecule has 2 aromatic heterocycles. The maximum atomic E-state index is 10.9. The molecule has 0 saturated heterocycles. The van der Waals surface area contributed by atoms with E-state index in [-0.39, 0.29) is 18.6 Å². The van der Waals surface area contributed by atoms with Gasteiger partial charge in [-0.15, -0.1) is 0 Å². The average Bonchev–Trinajstić information content (AvgIpc) is 3.08. The Bertz CT molecular complexity index is 743. The number of hydrogen-bond acceptors (Lipinski definition) is 5. The number of aryl methyl sites for hydroxylation is 1. The van der Waals surface area contributed by atoms with E-state index in [9.17, 15) is 4.57 Å². The highest BCUT2D eigenvalue weighted by atomic mass is 31.2. The Morgan fingerprint density at radius 3 is 2.74 bits per heavy atom. The lowest BCUT2D eigenvalue weighted by atomic mass is 9.95. The van der Waals surface area contributed by atoms with Gasteiger partial charge in [0.2, 0.25) is 0 Å². The molecule has 1 saturated carbocycles. The van der Waals surface area contributed by atoms with Crippen molar-refractivity contribution in [2.45, 2.75) is 39.2 Å². The number of phosphoric ester groups is 1. The minimum Gasteiger partial charge on any atom is -0.312 e. The van der Waals surface area contributed by atoms with Crippen molar-refractivity contribution in [1.82, 2.24) is 19.5 Å². The molecule has 8 nitrogen and oxygen atoms in total. The summed E-state index contributed by atoms with van der Waals surface area (Å²) < 4.78 is 17.7. The Kier molecular flexibility index (Phi) is 4.51. The summed E-state index contributed by atoms with van der Waals surface area (Å²) in [6.07, 6.45) is 6.01. The average molecular weight is 340 g/mol. The molecule has 1 fully saturated rings. The van der Waals surface area contributed by atoms with Crippen LogP contribution in [0.2, 0.25) is 0 Å². The molecule has 23 heavy (non-hydrogen) atoms. The van der Waals surface area contributed by atoms with Crippen molar-refractivity contribution < 1.29 is 18.9 Å². The Morgan fingerprint density at radius 1 is 1.30 bits per heavy atom. The topological polar surface area (TPSA) is 110 Å². The van der Waals surface area contributed by atoms with Gasteiger partial charge in [-0.1, -0.05) is 13.3 Å². The Hall–Kier alpha value is -1.34. The largest absolute Gasteiger partial charge is 0.469 e. The highest BCUT2D eigenvalue weighted by molar-refractivity contribution is 7.46. The molecule has 0 radical (unpaired) electrons. The van der Waals surface area contributed by atoms with E-state index in [2.05, 4.69) is 26.4 Å². The zero-order chi connectivity index (χ0) is 16.6. The molecule has 2 heterocycles. The van der Waals surface area contributed by atoms with Crippen LogP contribution < -0.4 is 0 Å². The first-order valence-electron chi connectivity index (χ1n) is 7.73. The molecular formula is C14H21N4O4P. The van der Waals surface area contributed by atoms with E-state index >= 15 is 0 Å². The predicted molar refractivity (Wildman–Crippen MR) is 83.6 cm³/mol. The van der Waals surface area contributed by atoms with Crippen LogP contribution in [0.15, 0.2) is 12.7 Å². The van der Waals surface area contributed by atoms with Gasteiger partial charge in [-0.3, -0.25) is 4.52 Å². The maximum Gasteiger partial charge on any atom is 0.469 e. The maximum absolute atomic E-state index is 10.9. The molecule has 1 aliphatic rings. The van der Waals surface area contributed by atoms with Crippen molar-refractivity contribution in [3.63, 3.8) is 0 Å². The molecule has 126 valence electrons. The van der Waals surface area contributed by atoms with Gasteiger partial charge in [-0.2, -0.15) is 0 Å². The molecule has 2 aromatic rings. The van der Waals surface area contributed by atoms with Crippen molar-refractivity contribution in [2.75, 3.05) is 6.61 Å². The second-order valence-electron chi connectivity index (χ2n) is 6.12. The van der Waals surface area contributed by atoms with Crippen molar-refractivity contribution in [2.24, 2.45) is 11.8 Å². The summed E-state index contributed by atoms with van der Waals surface area (Å²) in [4.78, 5) is 30.7. The number of imidazole rings is 1. The number of nitrogens with zero attached hydrogens (tertiary/aromatic N) is 4. The van der Waals surface area contributed by atoms with Crippen molar-refractivity contribution in [3.8, 4) is 0 Å². The quantitative estimate of drug-likeness (QED) is 0.803. The van der Waals surface area contributed by atoms with Crippen LogP contribution in [0.4, 0.5) is 0 Å². The Labute approximate surface area is 134 Å². The molecule has 0 amide bonds. The van der Waals surface area contributed by atoms with Crippen LogP contribution >= 0.6 is 7.82 Å². The van der Waals surface area contributed by atoms with E-state index in [1.54, 1.807) is 6.33 Å². The van der Waals surface area contributed by atoms with Crippen molar-refractivity contribution in [1.29, 1.82) is 0 Å². The van der Waals surface area contributed by atoms with E-state index in [0.717, 1.165) is 36.1 Å². The van der Waals surface area contributed by atoms with Crippen molar-refractivity contribution >= 4 is 19.0 Å². The SMILES string of the molecule is CCC1CC(n2cnc3c(C)ncnc32)CC1COP(=O)(O)O. The Morgan fingerprint density at radius 2 is 2.04 bits per heavy atom. The number of fused-ring (bicyclic) bond motifs is 1. The summed E-state index contributed by atoms with van der Waals surface area (Å²) in [6, 6.07) is 0.213. The monoisotopic (exact) mass is 340 g/mol. The molecule has 3 rings (SSSR count). The molecule has 0 aromatic carbocycles. The van der Waals surface area contributed by atoms with Gasteiger partial charge in [-0.05, 0) is 31.6 Å². The van der Waals surface area contributed by atoms with Gasteiger partial charge in [0.1, 0.15) is 11.8 Å². The van der Waals surface area contributed by atoms with E-state index < -0.39 is 7.82 Å². The van der Waals surface area contributed by atoms with Crippen LogP contribution in [-0.4, -0.2) is 35.9 Å². The van der Waals surface area contributed by atoms with E-state index in [0.29, 0.717) is 5.92 Å². The zero-order valence-corrected chi connectivity index (χ0v) is 14.1. The first-order valence-corrected chi connectivity index (χ1v) is 9.26. The van der Waals surface area contributed by atoms with Gasteiger partial charge in [0, 0.05) is 6.04 Å². The number of phosphoric acid groups is 1. The summed E-state index contributed by atoms with van der Waals surface area (Å²) >= 11 is 0. The van der Waals surface area contributed by atoms with Crippen LogP contribution in [-0.2, 0) is 9.09 Å². The van der Waals surface area contributed by atoms with Crippen LogP contribution in [0, 0.1) is 18.8 Å². The first kappa shape index (κ1) is 16.5. The standard InChI is InChI=1S/C14H21N4O4P/c1-3-10-4-12(5-11(10)6-22-23(19,20)21)18-8-17-13-9(2)15-7-16-14(13)18/h7-8,10-12H,3-6H2,1-2H3,(H2,19,20,21). The van der Waals surface area contributed by atoms with Gasteiger partial charge in [-0.25, -0.2) is 19.5 Å². The summed E-state index contributed by atoms with van der Waals surface area (Å²) in [5, 5.41) is 0. The molecule has 2 N–H and O–H groups in total. The summed E-state index contributed by atoms with van der Waals surface area (Å²) in [5.41, 5.74) is 2.46. The van der Waals surface area contributed by atoms with Gasteiger partial charge in [0.25, 0.3) is 0 Å². The van der Waals surface area contributed by atoms with Crippen LogP contribution in [0.5, 0.6) is 0 Å². The fourth-order valence-electron chi connectivity index (χ4n) is 3.54. The zero-order valence-electron chi connectivity index (χ0n) is 13.2. The molecule has 3 unspecified atom stereocenters. The van der Waals surface area contributed by atoms with E-state index in [1.165, 1.54) is 6.33 Å². The van der Waals surface area contributed by atoms with E-state index in [1.807, 2.05) is 6.92 Å². The highest BCUT2D eigenvalue weighted by Crippen LogP contribution is 2.45. The van der Waals surface area contributed by atoms with Crippen LogP contribution in [0.25, 0.3) is 11.2 Å².